The van der Waals surface area contributed by atoms with Crippen molar-refractivity contribution in [2.45, 2.75) is 19.4 Å². The Bertz CT molecular complexity index is 1020. The summed E-state index contributed by atoms with van der Waals surface area (Å²) in [6.45, 7) is 3.93. The van der Waals surface area contributed by atoms with Crippen molar-refractivity contribution in [3.63, 3.8) is 0 Å². The summed E-state index contributed by atoms with van der Waals surface area (Å²) in [4.78, 5) is 24.3. The van der Waals surface area contributed by atoms with Crippen LogP contribution in [-0.4, -0.2) is 39.6 Å². The normalized spacial score (nSPS) is 20.7. The lowest BCUT2D eigenvalue weighted by Gasteiger charge is -2.36. The Morgan fingerprint density at radius 3 is 2.89 bits per heavy atom. The molecule has 1 N–H and O–H groups in total. The van der Waals surface area contributed by atoms with Gasteiger partial charge in [-0.1, -0.05) is 6.92 Å². The number of hydrogen-bond donors (Lipinski definition) is 1. The molecule has 0 spiro atoms. The van der Waals surface area contributed by atoms with E-state index < -0.39 is 5.82 Å². The van der Waals surface area contributed by atoms with E-state index in [9.17, 15) is 9.18 Å². The van der Waals surface area contributed by atoms with Gasteiger partial charge < -0.3 is 10.2 Å². The molecule has 1 fully saturated rings. The van der Waals surface area contributed by atoms with Gasteiger partial charge in [0.1, 0.15) is 5.82 Å². The number of fused-ring (bicyclic) bond motifs is 1. The zero-order chi connectivity index (χ0) is 19.0. The topological polar surface area (TPSA) is 63.1 Å². The molecule has 1 saturated heterocycles. The number of anilines is 2. The van der Waals surface area contributed by atoms with Crippen LogP contribution in [0.1, 0.15) is 19.4 Å². The number of piperidine rings is 1. The summed E-state index contributed by atoms with van der Waals surface area (Å²) in [5.74, 6) is 0.301. The molecule has 1 aromatic carbocycles. The molecule has 27 heavy (non-hydrogen) atoms. The van der Waals surface area contributed by atoms with Gasteiger partial charge in [0.05, 0.1) is 22.8 Å². The van der Waals surface area contributed by atoms with Gasteiger partial charge in [0.2, 0.25) is 5.95 Å². The van der Waals surface area contributed by atoms with Crippen molar-refractivity contribution in [1.29, 1.82) is 0 Å². The number of nitrogens with zero attached hydrogens (tertiary/aromatic N) is 4. The number of pyridine rings is 1. The molecule has 7 heteroatoms. The number of benzene rings is 1. The predicted octanol–water partition coefficient (Wildman–Crippen LogP) is 3.19. The molecule has 140 valence electrons. The lowest BCUT2D eigenvalue weighted by atomic mass is 9.93. The summed E-state index contributed by atoms with van der Waals surface area (Å²) in [5, 5.41) is 3.53. The lowest BCUT2D eigenvalue weighted by molar-refractivity contribution is 0.157. The number of aromatic nitrogens is 3. The van der Waals surface area contributed by atoms with E-state index in [0.29, 0.717) is 16.9 Å². The SMILES string of the molecule is C[C@@H]1CN(C)CC[C@H]1n1c(Nc2cccnc2)nc2ccc(F)cc2c1=O. The first-order valence-corrected chi connectivity index (χ1v) is 9.10. The summed E-state index contributed by atoms with van der Waals surface area (Å²) in [6, 6.07) is 7.83. The molecule has 6 nitrogen and oxygen atoms in total. The average Bonchev–Trinajstić information content (AvgIpc) is 2.65. The van der Waals surface area contributed by atoms with Gasteiger partial charge in [-0.05, 0) is 56.3 Å². The van der Waals surface area contributed by atoms with Gasteiger partial charge in [-0.15, -0.1) is 0 Å². The highest BCUT2D eigenvalue weighted by Crippen LogP contribution is 2.30. The van der Waals surface area contributed by atoms with Crippen LogP contribution in [0.25, 0.3) is 10.9 Å². The number of hydrogen-bond acceptors (Lipinski definition) is 5. The van der Waals surface area contributed by atoms with Crippen LogP contribution in [0.5, 0.6) is 0 Å². The van der Waals surface area contributed by atoms with Crippen molar-refractivity contribution in [3.05, 3.63) is 58.9 Å². The maximum absolute atomic E-state index is 13.8. The van der Waals surface area contributed by atoms with E-state index in [0.717, 1.165) is 25.2 Å². The van der Waals surface area contributed by atoms with E-state index in [-0.39, 0.29) is 17.5 Å². The lowest BCUT2D eigenvalue weighted by Crippen LogP contribution is -2.41. The highest BCUT2D eigenvalue weighted by molar-refractivity contribution is 5.79. The van der Waals surface area contributed by atoms with Gasteiger partial charge in [0.25, 0.3) is 5.56 Å². The fraction of sp³-hybridized carbons (Fsp3) is 0.350. The second-order valence-corrected chi connectivity index (χ2v) is 7.23. The third-order valence-corrected chi connectivity index (χ3v) is 5.17. The first kappa shape index (κ1) is 17.6. The van der Waals surface area contributed by atoms with E-state index in [1.54, 1.807) is 23.0 Å². The van der Waals surface area contributed by atoms with Gasteiger partial charge in [-0.2, -0.15) is 0 Å². The van der Waals surface area contributed by atoms with E-state index in [4.69, 9.17) is 0 Å². The minimum atomic E-state index is -0.433. The first-order valence-electron chi connectivity index (χ1n) is 9.10. The summed E-state index contributed by atoms with van der Waals surface area (Å²) in [5.41, 5.74) is 1.01. The zero-order valence-electron chi connectivity index (χ0n) is 15.4. The molecule has 0 radical (unpaired) electrons. The maximum atomic E-state index is 13.8. The Labute approximate surface area is 156 Å². The van der Waals surface area contributed by atoms with Crippen molar-refractivity contribution in [2.75, 3.05) is 25.5 Å². The smallest absolute Gasteiger partial charge is 0.263 e. The Hall–Kier alpha value is -2.80. The predicted molar refractivity (Wildman–Crippen MR) is 104 cm³/mol. The fourth-order valence-corrected chi connectivity index (χ4v) is 3.86. The Morgan fingerprint density at radius 2 is 2.15 bits per heavy atom. The average molecular weight is 367 g/mol. The number of nitrogens with one attached hydrogen (secondary N) is 1. The van der Waals surface area contributed by atoms with Crippen molar-refractivity contribution in [1.82, 2.24) is 19.4 Å². The highest BCUT2D eigenvalue weighted by Gasteiger charge is 2.29. The Kier molecular flexibility index (Phi) is 4.61. The minimum Gasteiger partial charge on any atom is -0.324 e. The second kappa shape index (κ2) is 7.08. The van der Waals surface area contributed by atoms with Gasteiger partial charge >= 0.3 is 0 Å². The molecule has 0 bridgehead atoms. The molecule has 3 aromatic rings. The second-order valence-electron chi connectivity index (χ2n) is 7.23. The third-order valence-electron chi connectivity index (χ3n) is 5.17. The quantitative estimate of drug-likeness (QED) is 0.770. The molecule has 2 atom stereocenters. The standard InChI is InChI=1S/C20H22FN5O/c1-13-12-25(2)9-7-18(13)26-19(27)16-10-14(21)5-6-17(16)24-20(26)23-15-4-3-8-22-11-15/h3-6,8,10-11,13,18H,7,9,12H2,1-2H3,(H,23,24)/t13-,18-/m1/s1. The van der Waals surface area contributed by atoms with Crippen molar-refractivity contribution < 1.29 is 4.39 Å². The molecule has 2 aromatic heterocycles. The molecule has 0 aliphatic carbocycles. The minimum absolute atomic E-state index is 0.00645. The Morgan fingerprint density at radius 1 is 1.30 bits per heavy atom. The van der Waals surface area contributed by atoms with E-state index in [2.05, 4.69) is 34.2 Å². The van der Waals surface area contributed by atoms with Gasteiger partial charge in [0, 0.05) is 18.8 Å². The van der Waals surface area contributed by atoms with Crippen molar-refractivity contribution in [2.24, 2.45) is 5.92 Å². The summed E-state index contributed by atoms with van der Waals surface area (Å²) in [7, 11) is 2.08. The number of likely N-dealkylation sites (tertiary alicyclic amines) is 1. The monoisotopic (exact) mass is 367 g/mol. The van der Waals surface area contributed by atoms with Crippen LogP contribution in [0.4, 0.5) is 16.0 Å². The maximum Gasteiger partial charge on any atom is 0.263 e. The molecular weight excluding hydrogens is 345 g/mol. The molecule has 1 aliphatic rings. The van der Waals surface area contributed by atoms with Gasteiger partial charge in [-0.3, -0.25) is 14.3 Å². The van der Waals surface area contributed by atoms with Crippen LogP contribution in [0, 0.1) is 11.7 Å². The van der Waals surface area contributed by atoms with Crippen LogP contribution in [0.3, 0.4) is 0 Å². The fourth-order valence-electron chi connectivity index (χ4n) is 3.86. The van der Waals surface area contributed by atoms with Crippen LogP contribution in [-0.2, 0) is 0 Å². The molecule has 0 saturated carbocycles. The summed E-state index contributed by atoms with van der Waals surface area (Å²) >= 11 is 0. The van der Waals surface area contributed by atoms with Crippen LogP contribution in [0.15, 0.2) is 47.5 Å². The molecule has 4 rings (SSSR count). The number of rotatable bonds is 3. The van der Waals surface area contributed by atoms with Crippen LogP contribution >= 0.6 is 0 Å². The molecule has 3 heterocycles. The van der Waals surface area contributed by atoms with Gasteiger partial charge in [-0.25, -0.2) is 9.37 Å². The molecule has 1 aliphatic heterocycles. The largest absolute Gasteiger partial charge is 0.324 e. The Balaban J connectivity index is 1.89. The highest BCUT2D eigenvalue weighted by atomic mass is 19.1. The van der Waals surface area contributed by atoms with E-state index in [1.807, 2.05) is 12.1 Å². The third kappa shape index (κ3) is 3.42. The first-order chi connectivity index (χ1) is 13.0. The van der Waals surface area contributed by atoms with Crippen LogP contribution in [0.2, 0.25) is 0 Å². The van der Waals surface area contributed by atoms with E-state index >= 15 is 0 Å². The van der Waals surface area contributed by atoms with Crippen LogP contribution < -0.4 is 10.9 Å². The zero-order valence-corrected chi connectivity index (χ0v) is 15.4. The van der Waals surface area contributed by atoms with Gasteiger partial charge in [0.15, 0.2) is 0 Å². The molecule has 0 unspecified atom stereocenters. The molecule has 0 amide bonds. The van der Waals surface area contributed by atoms with Crippen molar-refractivity contribution >= 4 is 22.5 Å². The number of halogens is 1. The van der Waals surface area contributed by atoms with Crippen molar-refractivity contribution in [3.8, 4) is 0 Å². The van der Waals surface area contributed by atoms with E-state index in [1.165, 1.54) is 12.1 Å². The summed E-state index contributed by atoms with van der Waals surface area (Å²) < 4.78 is 15.5. The molecular formula is C20H22FN5O. The summed E-state index contributed by atoms with van der Waals surface area (Å²) in [6.07, 6.45) is 4.21.